The van der Waals surface area contributed by atoms with Crippen LogP contribution in [0, 0.1) is 6.92 Å². The summed E-state index contributed by atoms with van der Waals surface area (Å²) in [5.74, 6) is 0.365. The molecule has 1 amide bonds. The number of rotatable bonds is 5. The second-order valence-corrected chi connectivity index (χ2v) is 6.03. The van der Waals surface area contributed by atoms with Crippen LogP contribution >= 0.6 is 0 Å². The van der Waals surface area contributed by atoms with E-state index in [9.17, 15) is 9.59 Å². The molecule has 0 unspecified atom stereocenters. The molecule has 118 valence electrons. The van der Waals surface area contributed by atoms with Crippen molar-refractivity contribution in [3.63, 3.8) is 0 Å². The molecule has 0 fully saturated rings. The zero-order valence-corrected chi connectivity index (χ0v) is 13.3. The van der Waals surface area contributed by atoms with Crippen molar-refractivity contribution in [2.24, 2.45) is 0 Å². The molecule has 0 saturated heterocycles. The van der Waals surface area contributed by atoms with E-state index in [1.165, 1.54) is 17.5 Å². The van der Waals surface area contributed by atoms with Crippen LogP contribution in [-0.4, -0.2) is 16.7 Å². The molecule has 0 radical (unpaired) electrons. The van der Waals surface area contributed by atoms with Crippen LogP contribution in [0.25, 0.3) is 0 Å². The summed E-state index contributed by atoms with van der Waals surface area (Å²) >= 11 is 0. The van der Waals surface area contributed by atoms with Gasteiger partial charge in [-0.15, -0.1) is 0 Å². The lowest BCUT2D eigenvalue weighted by atomic mass is 10.0. The second-order valence-electron chi connectivity index (χ2n) is 6.03. The van der Waals surface area contributed by atoms with E-state index in [-0.39, 0.29) is 24.5 Å². The quantitative estimate of drug-likeness (QED) is 0.860. The Morgan fingerprint density at radius 3 is 2.74 bits per heavy atom. The number of ketones is 1. The predicted molar refractivity (Wildman–Crippen MR) is 89.6 cm³/mol. The number of carbonyl (C=O) groups is 2. The minimum Gasteiger partial charge on any atom is -0.311 e. The van der Waals surface area contributed by atoms with Gasteiger partial charge in [-0.2, -0.15) is 0 Å². The first-order chi connectivity index (χ1) is 11.1. The summed E-state index contributed by atoms with van der Waals surface area (Å²) in [5, 5.41) is 2.73. The number of Topliss-reactive ketones (excluding diaryl/α,β-unsaturated/α-hetero) is 1. The molecule has 23 heavy (non-hydrogen) atoms. The number of pyridine rings is 1. The fourth-order valence-electron chi connectivity index (χ4n) is 2.93. The standard InChI is InChI=1S/C19H20N2O2/c1-13-9-10-20-18(11-13)21-19(23)8-7-17(22)16-6-5-14-3-2-4-15(14)12-16/h5-6,9-12H,2-4,7-8H2,1H3,(H,20,21,23). The maximum Gasteiger partial charge on any atom is 0.225 e. The van der Waals surface area contributed by atoms with Crippen LogP contribution in [0.1, 0.15) is 46.3 Å². The van der Waals surface area contributed by atoms with Crippen molar-refractivity contribution in [2.75, 3.05) is 5.32 Å². The summed E-state index contributed by atoms with van der Waals surface area (Å²) in [6, 6.07) is 9.59. The van der Waals surface area contributed by atoms with E-state index in [2.05, 4.69) is 10.3 Å². The third-order valence-electron chi connectivity index (χ3n) is 4.18. The molecule has 1 heterocycles. The van der Waals surface area contributed by atoms with Gasteiger partial charge >= 0.3 is 0 Å². The summed E-state index contributed by atoms with van der Waals surface area (Å²) in [6.07, 6.45) is 5.37. The second kappa shape index (κ2) is 6.73. The van der Waals surface area contributed by atoms with Gasteiger partial charge < -0.3 is 5.32 Å². The van der Waals surface area contributed by atoms with E-state index in [0.29, 0.717) is 11.4 Å². The summed E-state index contributed by atoms with van der Waals surface area (Å²) in [4.78, 5) is 28.3. The first kappa shape index (κ1) is 15.4. The molecule has 2 aromatic rings. The molecule has 1 aliphatic carbocycles. The number of carbonyl (C=O) groups excluding carboxylic acids is 2. The van der Waals surface area contributed by atoms with Gasteiger partial charge in [0.1, 0.15) is 5.82 Å². The van der Waals surface area contributed by atoms with Gasteiger partial charge in [-0.05, 0) is 61.1 Å². The highest BCUT2D eigenvalue weighted by Crippen LogP contribution is 2.23. The van der Waals surface area contributed by atoms with Crippen LogP contribution in [-0.2, 0) is 17.6 Å². The Bertz CT molecular complexity index is 753. The van der Waals surface area contributed by atoms with Crippen LogP contribution in [0.2, 0.25) is 0 Å². The fourth-order valence-corrected chi connectivity index (χ4v) is 2.93. The van der Waals surface area contributed by atoms with Crippen molar-refractivity contribution in [3.8, 4) is 0 Å². The van der Waals surface area contributed by atoms with Gasteiger partial charge in [0.25, 0.3) is 0 Å². The molecule has 1 aromatic heterocycles. The van der Waals surface area contributed by atoms with Crippen LogP contribution in [0.5, 0.6) is 0 Å². The van der Waals surface area contributed by atoms with E-state index in [4.69, 9.17) is 0 Å². The van der Waals surface area contributed by atoms with Crippen molar-refractivity contribution in [3.05, 3.63) is 58.8 Å². The predicted octanol–water partition coefficient (Wildman–Crippen LogP) is 3.48. The topological polar surface area (TPSA) is 59.1 Å². The van der Waals surface area contributed by atoms with Crippen molar-refractivity contribution in [2.45, 2.75) is 39.0 Å². The number of benzene rings is 1. The normalized spacial score (nSPS) is 12.7. The maximum absolute atomic E-state index is 12.3. The molecular weight excluding hydrogens is 288 g/mol. The van der Waals surface area contributed by atoms with Gasteiger partial charge in [-0.1, -0.05) is 12.1 Å². The van der Waals surface area contributed by atoms with Crippen LogP contribution < -0.4 is 5.32 Å². The Morgan fingerprint density at radius 1 is 1.09 bits per heavy atom. The van der Waals surface area contributed by atoms with Crippen molar-refractivity contribution in [1.29, 1.82) is 0 Å². The lowest BCUT2D eigenvalue weighted by Crippen LogP contribution is -2.14. The molecule has 0 atom stereocenters. The molecule has 0 spiro atoms. The van der Waals surface area contributed by atoms with Crippen molar-refractivity contribution in [1.82, 2.24) is 4.98 Å². The van der Waals surface area contributed by atoms with E-state index in [1.807, 2.05) is 31.2 Å². The summed E-state index contributed by atoms with van der Waals surface area (Å²) < 4.78 is 0. The number of hydrogen-bond donors (Lipinski definition) is 1. The number of fused-ring (bicyclic) bond motifs is 1. The number of aromatic nitrogens is 1. The van der Waals surface area contributed by atoms with Crippen LogP contribution in [0.15, 0.2) is 36.5 Å². The highest BCUT2D eigenvalue weighted by molar-refractivity contribution is 6.00. The van der Waals surface area contributed by atoms with Gasteiger partial charge in [0.2, 0.25) is 5.91 Å². The van der Waals surface area contributed by atoms with Gasteiger partial charge in [-0.25, -0.2) is 4.98 Å². The van der Waals surface area contributed by atoms with Gasteiger partial charge in [0, 0.05) is 24.6 Å². The summed E-state index contributed by atoms with van der Waals surface area (Å²) in [7, 11) is 0. The van der Waals surface area contributed by atoms with E-state index < -0.39 is 0 Å². The zero-order valence-electron chi connectivity index (χ0n) is 13.3. The first-order valence-corrected chi connectivity index (χ1v) is 7.99. The number of aryl methyl sites for hydroxylation is 3. The Kier molecular flexibility index (Phi) is 4.51. The highest BCUT2D eigenvalue weighted by Gasteiger charge is 2.15. The van der Waals surface area contributed by atoms with E-state index in [1.54, 1.807) is 12.3 Å². The molecule has 1 N–H and O–H groups in total. The Labute approximate surface area is 135 Å². The molecule has 4 heteroatoms. The van der Waals surface area contributed by atoms with Gasteiger partial charge in [0.05, 0.1) is 0 Å². The van der Waals surface area contributed by atoms with E-state index >= 15 is 0 Å². The largest absolute Gasteiger partial charge is 0.311 e. The fraction of sp³-hybridized carbons (Fsp3) is 0.316. The molecule has 1 aromatic carbocycles. The zero-order chi connectivity index (χ0) is 16.2. The smallest absolute Gasteiger partial charge is 0.225 e. The van der Waals surface area contributed by atoms with E-state index in [0.717, 1.165) is 18.4 Å². The van der Waals surface area contributed by atoms with Gasteiger partial charge in [-0.3, -0.25) is 9.59 Å². The molecule has 0 aliphatic heterocycles. The SMILES string of the molecule is Cc1ccnc(NC(=O)CCC(=O)c2ccc3c(c2)CCC3)c1. The van der Waals surface area contributed by atoms with Crippen molar-refractivity contribution < 1.29 is 9.59 Å². The van der Waals surface area contributed by atoms with Crippen molar-refractivity contribution >= 4 is 17.5 Å². The van der Waals surface area contributed by atoms with Crippen LogP contribution in [0.3, 0.4) is 0 Å². The highest BCUT2D eigenvalue weighted by atomic mass is 16.2. The number of nitrogens with zero attached hydrogens (tertiary/aromatic N) is 1. The summed E-state index contributed by atoms with van der Waals surface area (Å²) in [6.45, 7) is 1.94. The molecule has 3 rings (SSSR count). The molecular formula is C19H20N2O2. The average molecular weight is 308 g/mol. The first-order valence-electron chi connectivity index (χ1n) is 7.99. The lowest BCUT2D eigenvalue weighted by Gasteiger charge is -2.06. The molecule has 4 nitrogen and oxygen atoms in total. The monoisotopic (exact) mass is 308 g/mol. The number of anilines is 1. The Balaban J connectivity index is 1.55. The minimum absolute atomic E-state index is 0.0204. The van der Waals surface area contributed by atoms with Crippen LogP contribution in [0.4, 0.5) is 5.82 Å². The molecule has 0 bridgehead atoms. The summed E-state index contributed by atoms with van der Waals surface area (Å²) in [5.41, 5.74) is 4.38. The number of amides is 1. The van der Waals surface area contributed by atoms with Gasteiger partial charge in [0.15, 0.2) is 5.78 Å². The lowest BCUT2D eigenvalue weighted by molar-refractivity contribution is -0.116. The third kappa shape index (κ3) is 3.83. The Hall–Kier alpha value is -2.49. The maximum atomic E-state index is 12.3. The minimum atomic E-state index is -0.183. The number of nitrogens with one attached hydrogen (secondary N) is 1. The molecule has 0 saturated carbocycles. The Morgan fingerprint density at radius 2 is 1.91 bits per heavy atom. The number of hydrogen-bond acceptors (Lipinski definition) is 3. The third-order valence-corrected chi connectivity index (χ3v) is 4.18. The molecule has 1 aliphatic rings. The average Bonchev–Trinajstić information content (AvgIpc) is 3.00.